The fourth-order valence-electron chi connectivity index (χ4n) is 1.48. The predicted molar refractivity (Wildman–Crippen MR) is 62.9 cm³/mol. The SMILES string of the molecule is C[S+]=C1SCc2ccccc2/C1=[NH+]\O. The molecule has 4 heteroatoms. The van der Waals surface area contributed by atoms with Gasteiger partial charge in [0.05, 0.1) is 5.56 Å². The van der Waals surface area contributed by atoms with E-state index in [2.05, 4.69) is 11.2 Å². The minimum absolute atomic E-state index is 0.837. The zero-order chi connectivity index (χ0) is 9.97. The van der Waals surface area contributed by atoms with Crippen molar-refractivity contribution in [1.29, 1.82) is 0 Å². The molecule has 2 nitrogen and oxygen atoms in total. The van der Waals surface area contributed by atoms with Crippen LogP contribution in [0.15, 0.2) is 24.3 Å². The van der Waals surface area contributed by atoms with Gasteiger partial charge in [-0.1, -0.05) is 30.0 Å². The molecular formula is C10H11NOS2+2. The van der Waals surface area contributed by atoms with Crippen LogP contribution in [0.3, 0.4) is 0 Å². The van der Waals surface area contributed by atoms with Crippen LogP contribution in [-0.2, 0) is 17.1 Å². The first-order chi connectivity index (χ1) is 6.86. The lowest BCUT2D eigenvalue weighted by atomic mass is 10.0. The van der Waals surface area contributed by atoms with Gasteiger partial charge in [0.15, 0.2) is 17.6 Å². The number of benzene rings is 1. The van der Waals surface area contributed by atoms with Gasteiger partial charge in [-0.2, -0.15) is 0 Å². The van der Waals surface area contributed by atoms with Crippen molar-refractivity contribution in [1.82, 2.24) is 0 Å². The molecule has 0 atom stereocenters. The molecule has 1 aromatic rings. The van der Waals surface area contributed by atoms with Gasteiger partial charge in [-0.05, 0) is 16.8 Å². The smallest absolute Gasteiger partial charge is 0.292 e. The first-order valence-corrected chi connectivity index (χ1v) is 6.47. The first kappa shape index (κ1) is 9.68. The van der Waals surface area contributed by atoms with E-state index in [1.54, 1.807) is 23.1 Å². The van der Waals surface area contributed by atoms with Gasteiger partial charge in [0, 0.05) is 5.75 Å². The molecule has 1 aromatic carbocycles. The van der Waals surface area contributed by atoms with E-state index in [1.165, 1.54) is 5.56 Å². The van der Waals surface area contributed by atoms with E-state index >= 15 is 0 Å². The van der Waals surface area contributed by atoms with E-state index in [1.807, 2.05) is 24.5 Å². The third-order valence-corrected chi connectivity index (χ3v) is 4.50. The molecule has 0 spiro atoms. The Balaban J connectivity index is 2.56. The predicted octanol–water partition coefficient (Wildman–Crippen LogP) is 0.0346. The van der Waals surface area contributed by atoms with Crippen molar-refractivity contribution in [3.63, 3.8) is 0 Å². The number of hydrogen-bond donors (Lipinski definition) is 2. The Kier molecular flexibility index (Phi) is 2.84. The van der Waals surface area contributed by atoms with Crippen molar-refractivity contribution in [2.45, 2.75) is 5.75 Å². The van der Waals surface area contributed by atoms with Crippen molar-refractivity contribution in [3.05, 3.63) is 35.4 Å². The lowest BCUT2D eigenvalue weighted by molar-refractivity contribution is -0.735. The fraction of sp³-hybridized carbons (Fsp3) is 0.200. The molecule has 1 aliphatic rings. The highest BCUT2D eigenvalue weighted by Crippen LogP contribution is 2.24. The molecule has 72 valence electrons. The summed E-state index contributed by atoms with van der Waals surface area (Å²) in [4.78, 5) is 0. The number of nitrogens with one attached hydrogen (secondary N) is 1. The van der Waals surface area contributed by atoms with Crippen LogP contribution < -0.4 is 5.16 Å². The second kappa shape index (κ2) is 4.11. The van der Waals surface area contributed by atoms with Gasteiger partial charge >= 0.3 is 9.91 Å². The molecule has 14 heavy (non-hydrogen) atoms. The molecule has 1 heterocycles. The van der Waals surface area contributed by atoms with Crippen LogP contribution in [-0.4, -0.2) is 21.4 Å². The van der Waals surface area contributed by atoms with Crippen LogP contribution in [0.1, 0.15) is 11.1 Å². The van der Waals surface area contributed by atoms with E-state index in [4.69, 9.17) is 5.21 Å². The fourth-order valence-corrected chi connectivity index (χ4v) is 3.33. The van der Waals surface area contributed by atoms with Crippen LogP contribution in [0.2, 0.25) is 0 Å². The highest BCUT2D eigenvalue weighted by Gasteiger charge is 2.32. The second-order valence-electron chi connectivity index (χ2n) is 2.92. The van der Waals surface area contributed by atoms with Gasteiger partial charge in [-0.25, -0.2) is 0 Å². The summed E-state index contributed by atoms with van der Waals surface area (Å²) < 4.78 is 1.14. The second-order valence-corrected chi connectivity index (χ2v) is 4.98. The summed E-state index contributed by atoms with van der Waals surface area (Å²) >= 11 is 3.42. The van der Waals surface area contributed by atoms with Gasteiger partial charge in [-0.15, -0.1) is 0 Å². The van der Waals surface area contributed by atoms with Crippen LogP contribution in [0, 0.1) is 0 Å². The molecule has 0 saturated heterocycles. The van der Waals surface area contributed by atoms with E-state index in [9.17, 15) is 0 Å². The van der Waals surface area contributed by atoms with Gasteiger partial charge in [-0.3, -0.25) is 5.21 Å². The zero-order valence-corrected chi connectivity index (χ0v) is 9.41. The lowest BCUT2D eigenvalue weighted by Gasteiger charge is -2.09. The molecular weight excluding hydrogens is 214 g/mol. The maximum absolute atomic E-state index is 9.10. The molecule has 0 amide bonds. The molecule has 0 radical (unpaired) electrons. The van der Waals surface area contributed by atoms with Gasteiger partial charge in [0.1, 0.15) is 0 Å². The summed E-state index contributed by atoms with van der Waals surface area (Å²) in [5, 5.41) is 11.4. The number of thioether (sulfide) groups is 1. The Bertz CT molecular complexity index is 412. The van der Waals surface area contributed by atoms with Crippen molar-refractivity contribution in [3.8, 4) is 0 Å². The van der Waals surface area contributed by atoms with Crippen molar-refractivity contribution < 1.29 is 10.4 Å². The quantitative estimate of drug-likeness (QED) is 0.283. The zero-order valence-electron chi connectivity index (χ0n) is 7.78. The summed E-state index contributed by atoms with van der Waals surface area (Å²) in [6.07, 6.45) is 2.02. The van der Waals surface area contributed by atoms with Crippen LogP contribution in [0.5, 0.6) is 0 Å². The van der Waals surface area contributed by atoms with Crippen LogP contribution in [0.25, 0.3) is 0 Å². The average molecular weight is 225 g/mol. The largest absolute Gasteiger partial charge is 0.333 e. The van der Waals surface area contributed by atoms with E-state index in [-0.39, 0.29) is 0 Å². The molecule has 1 aliphatic heterocycles. The highest BCUT2D eigenvalue weighted by molar-refractivity contribution is 8.24. The summed E-state index contributed by atoms with van der Waals surface area (Å²) in [6, 6.07) is 8.14. The van der Waals surface area contributed by atoms with Gasteiger partial charge < -0.3 is 0 Å². The molecule has 0 fully saturated rings. The Morgan fingerprint density at radius 3 is 2.93 bits per heavy atom. The van der Waals surface area contributed by atoms with Crippen LogP contribution in [0.4, 0.5) is 0 Å². The number of fused-ring (bicyclic) bond motifs is 1. The molecule has 2 N–H and O–H groups in total. The number of hydrogen-bond acceptors (Lipinski definition) is 2. The normalized spacial score (nSPS) is 21.2. The monoisotopic (exact) mass is 225 g/mol. The molecule has 2 rings (SSSR count). The summed E-state index contributed by atoms with van der Waals surface area (Å²) in [7, 11) is 0. The third-order valence-electron chi connectivity index (χ3n) is 2.15. The Morgan fingerprint density at radius 2 is 2.21 bits per heavy atom. The van der Waals surface area contributed by atoms with Gasteiger partial charge in [0.25, 0.3) is 0 Å². The van der Waals surface area contributed by atoms with Gasteiger partial charge in [0.2, 0.25) is 0 Å². The molecule has 0 aromatic heterocycles. The third kappa shape index (κ3) is 1.55. The molecule has 0 saturated carbocycles. The topological polar surface area (TPSA) is 34.2 Å². The molecule has 0 unspecified atom stereocenters. The summed E-state index contributed by atoms with van der Waals surface area (Å²) in [5.41, 5.74) is 3.22. The first-order valence-electron chi connectivity index (χ1n) is 4.26. The van der Waals surface area contributed by atoms with Crippen molar-refractivity contribution in [2.24, 2.45) is 0 Å². The van der Waals surface area contributed by atoms with E-state index < -0.39 is 0 Å². The van der Waals surface area contributed by atoms with E-state index in [0.29, 0.717) is 0 Å². The number of rotatable bonds is 0. The Hall–Kier alpha value is -0.870. The minimum Gasteiger partial charge on any atom is -0.292 e. The molecule has 0 bridgehead atoms. The maximum Gasteiger partial charge on any atom is 0.333 e. The van der Waals surface area contributed by atoms with E-state index in [0.717, 1.165) is 21.2 Å². The standard InChI is InChI=1S/C10H9NOS2/c1-13-10-9(11-12)8-5-3-2-4-7(8)6-14-10/h2-5H,6H2,1H3/p+2/b11-9+. The summed E-state index contributed by atoms with van der Waals surface area (Å²) in [5.74, 6) is 0.984. The average Bonchev–Trinajstić information content (AvgIpc) is 2.27. The maximum atomic E-state index is 9.10. The van der Waals surface area contributed by atoms with Crippen molar-refractivity contribution in [2.75, 3.05) is 6.26 Å². The summed E-state index contributed by atoms with van der Waals surface area (Å²) in [6.45, 7) is 0. The molecule has 0 aliphatic carbocycles. The Morgan fingerprint density at radius 1 is 1.43 bits per heavy atom. The van der Waals surface area contributed by atoms with Crippen molar-refractivity contribution >= 4 is 33.0 Å². The van der Waals surface area contributed by atoms with Crippen LogP contribution >= 0.6 is 11.8 Å². The highest BCUT2D eigenvalue weighted by atomic mass is 32.2. The lowest BCUT2D eigenvalue weighted by Crippen LogP contribution is -2.71. The Labute approximate surface area is 91.0 Å². The minimum atomic E-state index is 0.837.